The maximum Gasteiger partial charge on any atom is 0.243 e. The molecule has 0 aliphatic carbocycles. The minimum absolute atomic E-state index is 0.339. The number of aryl methyl sites for hydroxylation is 1. The average molecular weight is 459 g/mol. The highest BCUT2D eigenvalue weighted by Gasteiger charge is 2.27. The van der Waals surface area contributed by atoms with Crippen molar-refractivity contribution in [1.82, 2.24) is 8.87 Å². The summed E-state index contributed by atoms with van der Waals surface area (Å²) in [5, 5.41) is 1.25. The van der Waals surface area contributed by atoms with Crippen molar-refractivity contribution in [3.8, 4) is 0 Å². The van der Waals surface area contributed by atoms with Gasteiger partial charge in [0.05, 0.1) is 4.90 Å². The van der Waals surface area contributed by atoms with Gasteiger partial charge in [0.25, 0.3) is 0 Å². The normalized spacial score (nSPS) is 15.8. The van der Waals surface area contributed by atoms with Crippen LogP contribution in [0.3, 0.4) is 0 Å². The van der Waals surface area contributed by atoms with Crippen LogP contribution in [0.1, 0.15) is 24.6 Å². The number of hydrogen-bond donors (Lipinski definition) is 0. The Morgan fingerprint density at radius 3 is 2.43 bits per heavy atom. The Hall–Kier alpha value is -1.89. The third kappa shape index (κ3) is 3.23. The summed E-state index contributed by atoms with van der Waals surface area (Å²) in [7, 11) is -3.47. The maximum atomic E-state index is 12.9. The fourth-order valence-corrected chi connectivity index (χ4v) is 5.74. The summed E-state index contributed by atoms with van der Waals surface area (Å²) >= 11 is 3.36. The molecule has 4 nitrogen and oxygen atoms in total. The standard InChI is InChI=1S/C22H23BrN2O2S/c1-3-25-16(2)22(20-6-4-5-7-21(20)25)17-12-14-24(15-13-17)28(26,27)19-10-8-18(23)9-11-19/h4-12H,3,13-15H2,1-2H3. The van der Waals surface area contributed by atoms with E-state index >= 15 is 0 Å². The minimum Gasteiger partial charge on any atom is -0.345 e. The molecule has 1 aromatic heterocycles. The van der Waals surface area contributed by atoms with Crippen LogP contribution in [0, 0.1) is 6.92 Å². The van der Waals surface area contributed by atoms with Gasteiger partial charge in [-0.15, -0.1) is 0 Å². The molecular weight excluding hydrogens is 436 g/mol. The van der Waals surface area contributed by atoms with E-state index in [9.17, 15) is 8.42 Å². The summed E-state index contributed by atoms with van der Waals surface area (Å²) in [5.41, 5.74) is 4.99. The summed E-state index contributed by atoms with van der Waals surface area (Å²) in [5.74, 6) is 0. The van der Waals surface area contributed by atoms with Crippen LogP contribution >= 0.6 is 15.9 Å². The van der Waals surface area contributed by atoms with E-state index in [4.69, 9.17) is 0 Å². The smallest absolute Gasteiger partial charge is 0.243 e. The van der Waals surface area contributed by atoms with E-state index in [-0.39, 0.29) is 0 Å². The second-order valence-corrected chi connectivity index (χ2v) is 9.87. The summed E-state index contributed by atoms with van der Waals surface area (Å²) in [6.07, 6.45) is 2.79. The Labute approximate surface area is 174 Å². The molecule has 0 bridgehead atoms. The Balaban J connectivity index is 1.68. The highest BCUT2D eigenvalue weighted by Crippen LogP contribution is 2.35. The number of aromatic nitrogens is 1. The lowest BCUT2D eigenvalue weighted by Gasteiger charge is -2.26. The molecule has 0 fully saturated rings. The van der Waals surface area contributed by atoms with Crippen LogP contribution in [0.2, 0.25) is 0 Å². The highest BCUT2D eigenvalue weighted by atomic mass is 79.9. The lowest BCUT2D eigenvalue weighted by Crippen LogP contribution is -2.34. The topological polar surface area (TPSA) is 42.3 Å². The van der Waals surface area contributed by atoms with E-state index in [2.05, 4.69) is 64.7 Å². The number of fused-ring (bicyclic) bond motifs is 1. The van der Waals surface area contributed by atoms with Gasteiger partial charge < -0.3 is 4.57 Å². The van der Waals surface area contributed by atoms with Crippen LogP contribution in [0.4, 0.5) is 0 Å². The number of halogens is 1. The first-order valence-corrected chi connectivity index (χ1v) is 11.7. The van der Waals surface area contributed by atoms with Gasteiger partial charge in [-0.1, -0.05) is 40.2 Å². The third-order valence-corrected chi connectivity index (χ3v) is 7.90. The first-order valence-electron chi connectivity index (χ1n) is 9.46. The number of sulfonamides is 1. The fraction of sp³-hybridized carbons (Fsp3) is 0.273. The van der Waals surface area contributed by atoms with Crippen molar-refractivity contribution in [1.29, 1.82) is 0 Å². The van der Waals surface area contributed by atoms with Gasteiger partial charge in [-0.3, -0.25) is 0 Å². The molecule has 6 heteroatoms. The molecule has 0 spiro atoms. The number of para-hydroxylation sites is 1. The molecule has 0 unspecified atom stereocenters. The zero-order chi connectivity index (χ0) is 19.9. The molecular formula is C22H23BrN2O2S. The zero-order valence-electron chi connectivity index (χ0n) is 16.0. The largest absolute Gasteiger partial charge is 0.345 e. The number of nitrogens with zero attached hydrogens (tertiary/aromatic N) is 2. The molecule has 3 aromatic rings. The van der Waals surface area contributed by atoms with Gasteiger partial charge in [-0.2, -0.15) is 4.31 Å². The molecule has 2 heterocycles. The van der Waals surface area contributed by atoms with Crippen LogP contribution in [-0.2, 0) is 16.6 Å². The predicted molar refractivity (Wildman–Crippen MR) is 118 cm³/mol. The Morgan fingerprint density at radius 2 is 1.79 bits per heavy atom. The van der Waals surface area contributed by atoms with E-state index in [1.807, 2.05) is 0 Å². The molecule has 0 radical (unpaired) electrons. The van der Waals surface area contributed by atoms with Crippen molar-refractivity contribution in [3.63, 3.8) is 0 Å². The van der Waals surface area contributed by atoms with Gasteiger partial charge in [-0.05, 0) is 56.2 Å². The van der Waals surface area contributed by atoms with Crippen molar-refractivity contribution >= 4 is 42.4 Å². The van der Waals surface area contributed by atoms with Gasteiger partial charge >= 0.3 is 0 Å². The quantitative estimate of drug-likeness (QED) is 0.538. The van der Waals surface area contributed by atoms with Crippen molar-refractivity contribution in [2.75, 3.05) is 13.1 Å². The molecule has 1 aliphatic rings. The molecule has 0 N–H and O–H groups in total. The third-order valence-electron chi connectivity index (χ3n) is 5.49. The molecule has 146 valence electrons. The monoisotopic (exact) mass is 458 g/mol. The molecule has 0 saturated heterocycles. The fourth-order valence-electron chi connectivity index (χ4n) is 4.10. The van der Waals surface area contributed by atoms with Crippen LogP contribution in [0.25, 0.3) is 16.5 Å². The van der Waals surface area contributed by atoms with E-state index in [1.165, 1.54) is 27.7 Å². The molecule has 0 amide bonds. The van der Waals surface area contributed by atoms with Gasteiger partial charge in [0.1, 0.15) is 0 Å². The second-order valence-electron chi connectivity index (χ2n) is 7.02. The summed E-state index contributed by atoms with van der Waals surface area (Å²) in [6, 6.07) is 15.3. The Kier molecular flexibility index (Phi) is 5.21. The van der Waals surface area contributed by atoms with Crippen molar-refractivity contribution in [2.45, 2.75) is 31.7 Å². The SMILES string of the molecule is CCn1c(C)c(C2=CCN(S(=O)(=O)c3ccc(Br)cc3)CC2)c2ccccc21. The number of rotatable bonds is 4. The van der Waals surface area contributed by atoms with Crippen LogP contribution in [0.5, 0.6) is 0 Å². The van der Waals surface area contributed by atoms with Crippen molar-refractivity contribution < 1.29 is 8.42 Å². The van der Waals surface area contributed by atoms with E-state index in [1.54, 1.807) is 28.6 Å². The number of benzene rings is 2. The molecule has 28 heavy (non-hydrogen) atoms. The predicted octanol–water partition coefficient (Wildman–Crippen LogP) is 5.21. The first-order chi connectivity index (χ1) is 13.4. The molecule has 1 aliphatic heterocycles. The Morgan fingerprint density at radius 1 is 1.07 bits per heavy atom. The maximum absolute atomic E-state index is 12.9. The highest BCUT2D eigenvalue weighted by molar-refractivity contribution is 9.10. The van der Waals surface area contributed by atoms with E-state index in [0.29, 0.717) is 24.4 Å². The van der Waals surface area contributed by atoms with Crippen LogP contribution in [0.15, 0.2) is 64.0 Å². The van der Waals surface area contributed by atoms with Gasteiger partial charge in [0.15, 0.2) is 0 Å². The minimum atomic E-state index is -3.47. The van der Waals surface area contributed by atoms with E-state index in [0.717, 1.165) is 11.0 Å². The Bertz CT molecular complexity index is 1160. The molecule has 0 saturated carbocycles. The van der Waals surface area contributed by atoms with Crippen molar-refractivity contribution in [2.24, 2.45) is 0 Å². The summed E-state index contributed by atoms with van der Waals surface area (Å²) in [4.78, 5) is 0.339. The lowest BCUT2D eigenvalue weighted by molar-refractivity contribution is 0.441. The average Bonchev–Trinajstić information content (AvgIpc) is 2.99. The second kappa shape index (κ2) is 7.50. The lowest BCUT2D eigenvalue weighted by atomic mass is 9.97. The van der Waals surface area contributed by atoms with Crippen LogP contribution in [-0.4, -0.2) is 30.4 Å². The van der Waals surface area contributed by atoms with Gasteiger partial charge in [0, 0.05) is 46.3 Å². The molecule has 0 atom stereocenters. The van der Waals surface area contributed by atoms with Gasteiger partial charge in [0.2, 0.25) is 10.0 Å². The number of hydrogen-bond acceptors (Lipinski definition) is 2. The van der Waals surface area contributed by atoms with E-state index < -0.39 is 10.0 Å². The molecule has 2 aromatic carbocycles. The molecule has 4 rings (SSSR count). The summed E-state index contributed by atoms with van der Waals surface area (Å²) < 4.78 is 30.7. The van der Waals surface area contributed by atoms with Crippen LogP contribution < -0.4 is 0 Å². The van der Waals surface area contributed by atoms with Crippen molar-refractivity contribution in [3.05, 3.63) is 70.3 Å². The summed E-state index contributed by atoms with van der Waals surface area (Å²) in [6.45, 7) is 6.13. The van der Waals surface area contributed by atoms with Gasteiger partial charge in [-0.25, -0.2) is 8.42 Å². The zero-order valence-corrected chi connectivity index (χ0v) is 18.4. The first kappa shape index (κ1) is 19.4.